The Morgan fingerprint density at radius 1 is 1.16 bits per heavy atom. The summed E-state index contributed by atoms with van der Waals surface area (Å²) in [5.41, 5.74) is 0. The Hall–Kier alpha value is -0.610. The Morgan fingerprint density at radius 2 is 1.95 bits per heavy atom. The van der Waals surface area contributed by atoms with Crippen LogP contribution in [0.2, 0.25) is 0 Å². The first-order valence-electron chi connectivity index (χ1n) is 7.83. The van der Waals surface area contributed by atoms with Gasteiger partial charge >= 0.3 is 0 Å². The van der Waals surface area contributed by atoms with E-state index in [1.54, 1.807) is 0 Å². The zero-order valence-corrected chi connectivity index (χ0v) is 11.9. The first-order chi connectivity index (χ1) is 9.31. The van der Waals surface area contributed by atoms with Gasteiger partial charge in [-0.25, -0.2) is 0 Å². The van der Waals surface area contributed by atoms with Gasteiger partial charge in [0.15, 0.2) is 0 Å². The van der Waals surface area contributed by atoms with Crippen molar-refractivity contribution in [2.75, 3.05) is 19.8 Å². The van der Waals surface area contributed by atoms with Gasteiger partial charge in [-0.1, -0.05) is 19.3 Å². The van der Waals surface area contributed by atoms with Crippen LogP contribution in [0.3, 0.4) is 0 Å². The molecule has 1 aliphatic carbocycles. The quantitative estimate of drug-likeness (QED) is 0.803. The molecule has 1 amide bonds. The van der Waals surface area contributed by atoms with E-state index in [0.717, 1.165) is 38.7 Å². The standard InChI is InChI=1S/C15H27NO3/c17-11-10-16(13-5-2-1-3-6-13)15(18)9-8-14-7-4-12-19-14/h13-14,17H,1-12H2. The zero-order chi connectivity index (χ0) is 13.5. The molecule has 1 saturated carbocycles. The summed E-state index contributed by atoms with van der Waals surface area (Å²) in [6, 6.07) is 0.359. The lowest BCUT2D eigenvalue weighted by Crippen LogP contribution is -2.43. The summed E-state index contributed by atoms with van der Waals surface area (Å²) in [4.78, 5) is 14.3. The second-order valence-electron chi connectivity index (χ2n) is 5.78. The highest BCUT2D eigenvalue weighted by atomic mass is 16.5. The van der Waals surface area contributed by atoms with Crippen molar-refractivity contribution < 1.29 is 14.6 Å². The van der Waals surface area contributed by atoms with Crippen molar-refractivity contribution in [2.45, 2.75) is 69.9 Å². The predicted octanol–water partition coefficient (Wildman–Crippen LogP) is 2.10. The van der Waals surface area contributed by atoms with Crippen LogP contribution in [0, 0.1) is 0 Å². The monoisotopic (exact) mass is 269 g/mol. The molecule has 0 aromatic heterocycles. The third-order valence-corrected chi connectivity index (χ3v) is 4.38. The van der Waals surface area contributed by atoms with E-state index in [1.807, 2.05) is 4.90 Å². The molecule has 0 bridgehead atoms. The largest absolute Gasteiger partial charge is 0.395 e. The van der Waals surface area contributed by atoms with Crippen LogP contribution in [0.5, 0.6) is 0 Å². The average molecular weight is 269 g/mol. The summed E-state index contributed by atoms with van der Waals surface area (Å²) in [5, 5.41) is 9.18. The molecule has 4 heteroatoms. The van der Waals surface area contributed by atoms with Crippen LogP contribution < -0.4 is 0 Å². The van der Waals surface area contributed by atoms with Gasteiger partial charge in [-0.2, -0.15) is 0 Å². The van der Waals surface area contributed by atoms with Crippen molar-refractivity contribution in [3.05, 3.63) is 0 Å². The number of ether oxygens (including phenoxy) is 1. The molecule has 0 aromatic carbocycles. The molecule has 2 rings (SSSR count). The molecule has 1 saturated heterocycles. The van der Waals surface area contributed by atoms with Crippen LogP contribution in [0.4, 0.5) is 0 Å². The number of carbonyl (C=O) groups is 1. The van der Waals surface area contributed by atoms with E-state index in [0.29, 0.717) is 19.0 Å². The minimum absolute atomic E-state index is 0.0716. The maximum atomic E-state index is 12.3. The summed E-state index contributed by atoms with van der Waals surface area (Å²) < 4.78 is 5.57. The number of aliphatic hydroxyl groups excluding tert-OH is 1. The highest BCUT2D eigenvalue weighted by Gasteiger charge is 2.26. The van der Waals surface area contributed by atoms with E-state index in [1.165, 1.54) is 19.3 Å². The Balaban J connectivity index is 1.80. The van der Waals surface area contributed by atoms with E-state index >= 15 is 0 Å². The first-order valence-corrected chi connectivity index (χ1v) is 7.83. The summed E-state index contributed by atoms with van der Waals surface area (Å²) >= 11 is 0. The Morgan fingerprint density at radius 3 is 2.58 bits per heavy atom. The lowest BCUT2D eigenvalue weighted by atomic mass is 9.93. The molecular formula is C15H27NO3. The van der Waals surface area contributed by atoms with Gasteiger partial charge in [0.05, 0.1) is 12.7 Å². The van der Waals surface area contributed by atoms with Crippen molar-refractivity contribution in [1.82, 2.24) is 4.90 Å². The molecule has 1 unspecified atom stereocenters. The fourth-order valence-corrected chi connectivity index (χ4v) is 3.31. The highest BCUT2D eigenvalue weighted by molar-refractivity contribution is 5.76. The zero-order valence-electron chi connectivity index (χ0n) is 11.9. The van der Waals surface area contributed by atoms with Gasteiger partial charge in [0, 0.05) is 25.6 Å². The molecule has 0 aromatic rings. The SMILES string of the molecule is O=C(CCC1CCCO1)N(CCO)C1CCCCC1. The molecule has 4 nitrogen and oxygen atoms in total. The van der Waals surface area contributed by atoms with Gasteiger partial charge in [0.25, 0.3) is 0 Å². The summed E-state index contributed by atoms with van der Waals surface area (Å²) in [6.07, 6.45) is 9.83. The Kier molecular flexibility index (Phi) is 6.11. The van der Waals surface area contributed by atoms with Crippen molar-refractivity contribution >= 4 is 5.91 Å². The van der Waals surface area contributed by atoms with E-state index in [2.05, 4.69) is 0 Å². The van der Waals surface area contributed by atoms with Crippen molar-refractivity contribution in [2.24, 2.45) is 0 Å². The average Bonchev–Trinajstić information content (AvgIpc) is 2.96. The van der Waals surface area contributed by atoms with Crippen LogP contribution in [0.1, 0.15) is 57.8 Å². The van der Waals surface area contributed by atoms with E-state index < -0.39 is 0 Å². The topological polar surface area (TPSA) is 49.8 Å². The van der Waals surface area contributed by atoms with Gasteiger partial charge in [-0.3, -0.25) is 4.79 Å². The lowest BCUT2D eigenvalue weighted by Gasteiger charge is -2.34. The highest BCUT2D eigenvalue weighted by Crippen LogP contribution is 2.24. The molecule has 1 heterocycles. The third-order valence-electron chi connectivity index (χ3n) is 4.38. The Bertz CT molecular complexity index is 271. The molecule has 1 N–H and O–H groups in total. The number of hydrogen-bond acceptors (Lipinski definition) is 3. The van der Waals surface area contributed by atoms with Crippen molar-refractivity contribution in [3.8, 4) is 0 Å². The van der Waals surface area contributed by atoms with Gasteiger partial charge in [-0.15, -0.1) is 0 Å². The molecule has 2 fully saturated rings. The van der Waals surface area contributed by atoms with E-state index in [-0.39, 0.29) is 18.6 Å². The summed E-state index contributed by atoms with van der Waals surface area (Å²) in [7, 11) is 0. The minimum atomic E-state index is 0.0716. The molecule has 110 valence electrons. The molecular weight excluding hydrogens is 242 g/mol. The lowest BCUT2D eigenvalue weighted by molar-refractivity contribution is -0.135. The van der Waals surface area contributed by atoms with Crippen molar-refractivity contribution in [3.63, 3.8) is 0 Å². The molecule has 19 heavy (non-hydrogen) atoms. The van der Waals surface area contributed by atoms with Crippen LogP contribution >= 0.6 is 0 Å². The number of carbonyl (C=O) groups excluding carboxylic acids is 1. The summed E-state index contributed by atoms with van der Waals surface area (Å²) in [5.74, 6) is 0.205. The van der Waals surface area contributed by atoms with Gasteiger partial charge in [0.1, 0.15) is 0 Å². The molecule has 1 aliphatic heterocycles. The fraction of sp³-hybridized carbons (Fsp3) is 0.933. The second-order valence-corrected chi connectivity index (χ2v) is 5.78. The van der Waals surface area contributed by atoms with Crippen LogP contribution in [-0.2, 0) is 9.53 Å². The fourth-order valence-electron chi connectivity index (χ4n) is 3.31. The second kappa shape index (κ2) is 7.85. The number of nitrogens with zero attached hydrogens (tertiary/aromatic N) is 1. The van der Waals surface area contributed by atoms with E-state index in [4.69, 9.17) is 4.74 Å². The van der Waals surface area contributed by atoms with Gasteiger partial charge < -0.3 is 14.7 Å². The normalized spacial score (nSPS) is 24.6. The predicted molar refractivity (Wildman–Crippen MR) is 73.9 cm³/mol. The number of amides is 1. The minimum Gasteiger partial charge on any atom is -0.395 e. The van der Waals surface area contributed by atoms with Crippen LogP contribution in [0.25, 0.3) is 0 Å². The molecule has 0 radical (unpaired) electrons. The molecule has 1 atom stereocenters. The van der Waals surface area contributed by atoms with E-state index in [9.17, 15) is 9.90 Å². The molecule has 0 spiro atoms. The smallest absolute Gasteiger partial charge is 0.222 e. The molecule has 2 aliphatic rings. The third kappa shape index (κ3) is 4.46. The maximum Gasteiger partial charge on any atom is 0.222 e. The first kappa shape index (κ1) is 14.8. The van der Waals surface area contributed by atoms with Gasteiger partial charge in [0.2, 0.25) is 5.91 Å². The van der Waals surface area contributed by atoms with Gasteiger partial charge in [-0.05, 0) is 32.1 Å². The van der Waals surface area contributed by atoms with Crippen LogP contribution in [-0.4, -0.2) is 47.8 Å². The Labute approximate surface area is 116 Å². The summed E-state index contributed by atoms with van der Waals surface area (Å²) in [6.45, 7) is 1.42. The van der Waals surface area contributed by atoms with Crippen LogP contribution in [0.15, 0.2) is 0 Å². The number of rotatable bonds is 6. The maximum absolute atomic E-state index is 12.3. The number of aliphatic hydroxyl groups is 1. The number of hydrogen-bond donors (Lipinski definition) is 1. The van der Waals surface area contributed by atoms with Crippen molar-refractivity contribution in [1.29, 1.82) is 0 Å².